The molecule has 1 N–H and O–H groups in total. The summed E-state index contributed by atoms with van der Waals surface area (Å²) in [7, 11) is 0. The summed E-state index contributed by atoms with van der Waals surface area (Å²) in [5, 5.41) is 6.12. The summed E-state index contributed by atoms with van der Waals surface area (Å²) in [6.45, 7) is 4.47. The molecule has 0 aliphatic heterocycles. The van der Waals surface area contributed by atoms with Crippen LogP contribution in [-0.4, -0.2) is 29.3 Å². The molecule has 0 saturated heterocycles. The minimum Gasteiger partial charge on any atom is -0.354 e. The average Bonchev–Trinajstić information content (AvgIpc) is 2.80. The van der Waals surface area contributed by atoms with E-state index in [-0.39, 0.29) is 24.8 Å². The van der Waals surface area contributed by atoms with Gasteiger partial charge in [-0.1, -0.05) is 78.7 Å². The number of aryl methyl sites for hydroxylation is 1. The summed E-state index contributed by atoms with van der Waals surface area (Å²) in [5.41, 5.74) is 1.75. The van der Waals surface area contributed by atoms with Crippen LogP contribution in [-0.2, 0) is 22.6 Å². The van der Waals surface area contributed by atoms with Crippen LogP contribution in [0.5, 0.6) is 0 Å². The summed E-state index contributed by atoms with van der Waals surface area (Å²) >= 11 is 12.7. The van der Waals surface area contributed by atoms with Gasteiger partial charge in [0.1, 0.15) is 6.04 Å². The van der Waals surface area contributed by atoms with Crippen molar-refractivity contribution in [1.29, 1.82) is 0 Å². The molecule has 0 saturated carbocycles. The Kier molecular flexibility index (Phi) is 8.54. The average molecular weight is 471 g/mol. The lowest BCUT2D eigenvalue weighted by atomic mass is 10.0. The Balaban J connectivity index is 1.82. The number of carbonyl (C=O) groups is 2. The van der Waals surface area contributed by atoms with E-state index in [1.807, 2.05) is 31.2 Å². The Morgan fingerprint density at radius 1 is 0.969 bits per heavy atom. The molecule has 0 fully saturated rings. The van der Waals surface area contributed by atoms with Crippen molar-refractivity contribution >= 4 is 45.8 Å². The SMILES string of the molecule is CCCNC(=O)[C@H](C)N(Cc1c(Cl)cccc1Cl)C(=O)CCc1cccc2ccccc12. The van der Waals surface area contributed by atoms with Crippen LogP contribution < -0.4 is 5.32 Å². The molecular weight excluding hydrogens is 443 g/mol. The number of fused-ring (bicyclic) bond motifs is 1. The van der Waals surface area contributed by atoms with Gasteiger partial charge in [0.15, 0.2) is 0 Å². The van der Waals surface area contributed by atoms with E-state index in [2.05, 4.69) is 23.5 Å². The highest BCUT2D eigenvalue weighted by Crippen LogP contribution is 2.27. The first-order valence-electron chi connectivity index (χ1n) is 10.9. The van der Waals surface area contributed by atoms with Gasteiger partial charge in [0.25, 0.3) is 0 Å². The molecule has 6 heteroatoms. The standard InChI is InChI=1S/C26H28Cl2N2O2/c1-3-16-29-26(32)18(2)30(17-22-23(27)12-7-13-24(22)28)25(31)15-14-20-10-6-9-19-8-4-5-11-21(19)20/h4-13,18H,3,14-17H2,1-2H3,(H,29,32)/t18-/m0/s1. The lowest BCUT2D eigenvalue weighted by Gasteiger charge is -2.29. The second-order valence-corrected chi connectivity index (χ2v) is 8.64. The number of nitrogens with zero attached hydrogens (tertiary/aromatic N) is 1. The highest BCUT2D eigenvalue weighted by Gasteiger charge is 2.27. The van der Waals surface area contributed by atoms with E-state index >= 15 is 0 Å². The molecule has 32 heavy (non-hydrogen) atoms. The van der Waals surface area contributed by atoms with Crippen molar-refractivity contribution in [1.82, 2.24) is 10.2 Å². The van der Waals surface area contributed by atoms with Crippen molar-refractivity contribution < 1.29 is 9.59 Å². The van der Waals surface area contributed by atoms with Gasteiger partial charge in [-0.3, -0.25) is 9.59 Å². The summed E-state index contributed by atoms with van der Waals surface area (Å²) in [6, 6.07) is 18.8. The van der Waals surface area contributed by atoms with Gasteiger partial charge < -0.3 is 10.2 Å². The smallest absolute Gasteiger partial charge is 0.242 e. The Morgan fingerprint density at radius 2 is 1.62 bits per heavy atom. The van der Waals surface area contributed by atoms with Gasteiger partial charge in [0.2, 0.25) is 11.8 Å². The first-order chi connectivity index (χ1) is 15.4. The lowest BCUT2D eigenvalue weighted by Crippen LogP contribution is -2.47. The molecule has 2 amide bonds. The van der Waals surface area contributed by atoms with Gasteiger partial charge in [0, 0.05) is 35.1 Å². The molecule has 0 heterocycles. The second kappa shape index (κ2) is 11.3. The van der Waals surface area contributed by atoms with Gasteiger partial charge in [0.05, 0.1) is 0 Å². The van der Waals surface area contributed by atoms with Crippen LogP contribution in [0.25, 0.3) is 10.8 Å². The van der Waals surface area contributed by atoms with Crippen LogP contribution in [0, 0.1) is 0 Å². The number of nitrogens with one attached hydrogen (secondary N) is 1. The van der Waals surface area contributed by atoms with Crippen LogP contribution >= 0.6 is 23.2 Å². The van der Waals surface area contributed by atoms with Crippen LogP contribution in [0.15, 0.2) is 60.7 Å². The molecule has 3 aromatic carbocycles. The largest absolute Gasteiger partial charge is 0.354 e. The summed E-state index contributed by atoms with van der Waals surface area (Å²) in [4.78, 5) is 27.6. The fourth-order valence-electron chi connectivity index (χ4n) is 3.73. The monoisotopic (exact) mass is 470 g/mol. The molecule has 4 nitrogen and oxygen atoms in total. The third-order valence-electron chi connectivity index (χ3n) is 5.59. The molecular formula is C26H28Cl2N2O2. The number of amides is 2. The third kappa shape index (κ3) is 5.81. The van der Waals surface area contributed by atoms with Gasteiger partial charge in [-0.25, -0.2) is 0 Å². The minimum absolute atomic E-state index is 0.118. The summed E-state index contributed by atoms with van der Waals surface area (Å²) in [5.74, 6) is -0.304. The maximum Gasteiger partial charge on any atom is 0.242 e. The molecule has 3 aromatic rings. The molecule has 0 spiro atoms. The summed E-state index contributed by atoms with van der Waals surface area (Å²) < 4.78 is 0. The van der Waals surface area contributed by atoms with E-state index in [4.69, 9.17) is 23.2 Å². The zero-order valence-corrected chi connectivity index (χ0v) is 19.9. The van der Waals surface area contributed by atoms with E-state index in [1.165, 1.54) is 0 Å². The van der Waals surface area contributed by atoms with E-state index in [9.17, 15) is 9.59 Å². The molecule has 1 atom stereocenters. The van der Waals surface area contributed by atoms with Crippen LogP contribution in [0.2, 0.25) is 10.0 Å². The van der Waals surface area contributed by atoms with Crippen molar-refractivity contribution in [2.45, 2.75) is 45.7 Å². The molecule has 168 valence electrons. The first-order valence-corrected chi connectivity index (χ1v) is 11.6. The van der Waals surface area contributed by atoms with Crippen molar-refractivity contribution in [2.75, 3.05) is 6.54 Å². The fourth-order valence-corrected chi connectivity index (χ4v) is 4.24. The van der Waals surface area contributed by atoms with E-state index in [0.29, 0.717) is 28.6 Å². The Morgan fingerprint density at radius 3 is 2.34 bits per heavy atom. The van der Waals surface area contributed by atoms with Crippen molar-refractivity contribution in [3.05, 3.63) is 81.8 Å². The van der Waals surface area contributed by atoms with Crippen LogP contribution in [0.3, 0.4) is 0 Å². The van der Waals surface area contributed by atoms with E-state index in [1.54, 1.807) is 30.0 Å². The number of carbonyl (C=O) groups excluding carboxylic acids is 2. The van der Waals surface area contributed by atoms with Gasteiger partial charge in [-0.2, -0.15) is 0 Å². The normalized spacial score (nSPS) is 11.9. The van der Waals surface area contributed by atoms with E-state index in [0.717, 1.165) is 22.8 Å². The maximum atomic E-state index is 13.4. The van der Waals surface area contributed by atoms with Crippen molar-refractivity contribution in [2.24, 2.45) is 0 Å². The van der Waals surface area contributed by atoms with Crippen LogP contribution in [0.1, 0.15) is 37.8 Å². The van der Waals surface area contributed by atoms with Crippen LogP contribution in [0.4, 0.5) is 0 Å². The number of halogens is 2. The Labute approximate surface area is 199 Å². The first kappa shape index (κ1) is 24.1. The molecule has 0 aliphatic rings. The topological polar surface area (TPSA) is 49.4 Å². The molecule has 0 aliphatic carbocycles. The number of benzene rings is 3. The molecule has 0 radical (unpaired) electrons. The van der Waals surface area contributed by atoms with E-state index < -0.39 is 6.04 Å². The Bertz CT molecular complexity index is 1070. The fraction of sp³-hybridized carbons (Fsp3) is 0.308. The predicted octanol–water partition coefficient (Wildman–Crippen LogP) is 6.02. The number of hydrogen-bond donors (Lipinski definition) is 1. The number of rotatable bonds is 9. The van der Waals surface area contributed by atoms with Crippen molar-refractivity contribution in [3.8, 4) is 0 Å². The molecule has 0 bridgehead atoms. The highest BCUT2D eigenvalue weighted by atomic mass is 35.5. The zero-order valence-electron chi connectivity index (χ0n) is 18.4. The third-order valence-corrected chi connectivity index (χ3v) is 6.30. The number of hydrogen-bond acceptors (Lipinski definition) is 2. The lowest BCUT2D eigenvalue weighted by molar-refractivity contribution is -0.140. The molecule has 3 rings (SSSR count). The van der Waals surface area contributed by atoms with Gasteiger partial charge in [-0.15, -0.1) is 0 Å². The second-order valence-electron chi connectivity index (χ2n) is 7.83. The quantitative estimate of drug-likeness (QED) is 0.415. The van der Waals surface area contributed by atoms with Gasteiger partial charge in [-0.05, 0) is 48.2 Å². The predicted molar refractivity (Wildman–Crippen MR) is 132 cm³/mol. The molecule has 0 aromatic heterocycles. The Hall–Kier alpha value is -2.56. The maximum absolute atomic E-state index is 13.4. The summed E-state index contributed by atoms with van der Waals surface area (Å²) in [6.07, 6.45) is 1.68. The highest BCUT2D eigenvalue weighted by molar-refractivity contribution is 6.36. The van der Waals surface area contributed by atoms with Gasteiger partial charge >= 0.3 is 0 Å². The molecule has 0 unspecified atom stereocenters. The van der Waals surface area contributed by atoms with Crippen molar-refractivity contribution in [3.63, 3.8) is 0 Å². The minimum atomic E-state index is -0.645. The zero-order chi connectivity index (χ0) is 23.1.